The van der Waals surface area contributed by atoms with Crippen molar-refractivity contribution in [2.24, 2.45) is 5.92 Å². The van der Waals surface area contributed by atoms with Gasteiger partial charge in [-0.05, 0) is 36.9 Å². The number of rotatable bonds is 5. The average Bonchev–Trinajstić information content (AvgIpc) is 3.29. The molecule has 2 amide bonds. The summed E-state index contributed by atoms with van der Waals surface area (Å²) in [4.78, 5) is 29.2. The van der Waals surface area contributed by atoms with E-state index in [9.17, 15) is 9.59 Å². The zero-order valence-corrected chi connectivity index (χ0v) is 15.5. The molecule has 2 heterocycles. The van der Waals surface area contributed by atoms with Crippen molar-refractivity contribution in [2.45, 2.75) is 45.1 Å². The predicted molar refractivity (Wildman–Crippen MR) is 99.7 cm³/mol. The zero-order chi connectivity index (χ0) is 18.0. The number of hydrogen-bond acceptors (Lipinski definition) is 3. The molecule has 1 aromatic rings. The number of benzene rings is 1. The maximum Gasteiger partial charge on any atom is 0.228 e. The van der Waals surface area contributed by atoms with Crippen molar-refractivity contribution >= 4 is 17.5 Å². The molecule has 136 valence electrons. The first kappa shape index (κ1) is 17.9. The summed E-state index contributed by atoms with van der Waals surface area (Å²) in [5.74, 6) is 0.326. The van der Waals surface area contributed by atoms with Crippen molar-refractivity contribution in [3.63, 3.8) is 0 Å². The van der Waals surface area contributed by atoms with Gasteiger partial charge in [-0.2, -0.15) is 0 Å². The molecule has 3 unspecified atom stereocenters. The molecular formula is C20H29N3O2. The van der Waals surface area contributed by atoms with Crippen molar-refractivity contribution < 1.29 is 9.59 Å². The lowest BCUT2D eigenvalue weighted by molar-refractivity contribution is -0.136. The van der Waals surface area contributed by atoms with Crippen molar-refractivity contribution in [3.05, 3.63) is 29.8 Å². The molecule has 0 radical (unpaired) electrons. The minimum atomic E-state index is -0.233. The zero-order valence-electron chi connectivity index (χ0n) is 15.5. The van der Waals surface area contributed by atoms with Gasteiger partial charge in [0.2, 0.25) is 11.8 Å². The normalized spacial score (nSPS) is 24.6. The molecular weight excluding hydrogens is 314 g/mol. The molecule has 5 nitrogen and oxygen atoms in total. The summed E-state index contributed by atoms with van der Waals surface area (Å²) < 4.78 is 0. The number of amides is 2. The van der Waals surface area contributed by atoms with Crippen LogP contribution in [-0.2, 0) is 9.59 Å². The van der Waals surface area contributed by atoms with E-state index in [4.69, 9.17) is 0 Å². The average molecular weight is 343 g/mol. The fraction of sp³-hybridized carbons (Fsp3) is 0.600. The van der Waals surface area contributed by atoms with Crippen LogP contribution in [0.2, 0.25) is 0 Å². The third-order valence-corrected chi connectivity index (χ3v) is 5.77. The highest BCUT2D eigenvalue weighted by Gasteiger charge is 2.39. The van der Waals surface area contributed by atoms with Gasteiger partial charge in [-0.25, -0.2) is 0 Å². The Bertz CT molecular complexity index is 640. The highest BCUT2D eigenvalue weighted by molar-refractivity contribution is 6.00. The van der Waals surface area contributed by atoms with Gasteiger partial charge in [0.1, 0.15) is 0 Å². The molecule has 2 aliphatic heterocycles. The van der Waals surface area contributed by atoms with Gasteiger partial charge in [0, 0.05) is 38.3 Å². The number of anilines is 1. The van der Waals surface area contributed by atoms with Crippen LogP contribution in [0.4, 0.5) is 5.69 Å². The van der Waals surface area contributed by atoms with E-state index >= 15 is 0 Å². The van der Waals surface area contributed by atoms with Crippen LogP contribution in [0.1, 0.15) is 44.6 Å². The number of nitrogens with one attached hydrogen (secondary N) is 1. The predicted octanol–water partition coefficient (Wildman–Crippen LogP) is 2.37. The summed E-state index contributed by atoms with van der Waals surface area (Å²) in [6.07, 6.45) is 2.33. The van der Waals surface area contributed by atoms with Gasteiger partial charge in [0.05, 0.1) is 5.92 Å². The fourth-order valence-electron chi connectivity index (χ4n) is 3.91. The largest absolute Gasteiger partial charge is 0.341 e. The van der Waals surface area contributed by atoms with Gasteiger partial charge in [-0.1, -0.05) is 32.0 Å². The van der Waals surface area contributed by atoms with Gasteiger partial charge >= 0.3 is 0 Å². The number of likely N-dealkylation sites (N-methyl/N-ethyl adjacent to an activating group) is 1. The molecule has 3 rings (SSSR count). The van der Waals surface area contributed by atoms with E-state index in [0.717, 1.165) is 31.6 Å². The highest BCUT2D eigenvalue weighted by Crippen LogP contribution is 2.34. The SMILES string of the molecule is CCC(C)c1ccccc1N1CC(C(=O)N(C)C2CCNC2)CC1=O. The number of para-hydroxylation sites is 1. The van der Waals surface area contributed by atoms with Crippen LogP contribution in [0.5, 0.6) is 0 Å². The van der Waals surface area contributed by atoms with Gasteiger partial charge in [0.15, 0.2) is 0 Å². The van der Waals surface area contributed by atoms with Crippen LogP contribution in [0.3, 0.4) is 0 Å². The molecule has 2 fully saturated rings. The number of carbonyl (C=O) groups excluding carboxylic acids is 2. The van der Waals surface area contributed by atoms with Crippen molar-refractivity contribution in [2.75, 3.05) is 31.6 Å². The lowest BCUT2D eigenvalue weighted by Gasteiger charge is -2.27. The second kappa shape index (κ2) is 7.56. The lowest BCUT2D eigenvalue weighted by Crippen LogP contribution is -2.42. The standard InChI is InChI=1S/C20H29N3O2/c1-4-14(2)17-7-5-6-8-18(17)23-13-15(11-19(23)24)20(25)22(3)16-9-10-21-12-16/h5-8,14-16,21H,4,9-13H2,1-3H3. The summed E-state index contributed by atoms with van der Waals surface area (Å²) in [7, 11) is 1.88. The quantitative estimate of drug-likeness (QED) is 0.893. The second-order valence-corrected chi connectivity index (χ2v) is 7.37. The molecule has 0 aromatic heterocycles. The highest BCUT2D eigenvalue weighted by atomic mass is 16.2. The van der Waals surface area contributed by atoms with Gasteiger partial charge in [-0.3, -0.25) is 9.59 Å². The Labute approximate surface area is 150 Å². The molecule has 0 spiro atoms. The fourth-order valence-corrected chi connectivity index (χ4v) is 3.91. The molecule has 0 aliphatic carbocycles. The van der Waals surface area contributed by atoms with E-state index in [0.29, 0.717) is 18.9 Å². The molecule has 5 heteroatoms. The Kier molecular flexibility index (Phi) is 5.42. The Morgan fingerprint density at radius 2 is 2.16 bits per heavy atom. The molecule has 1 aromatic carbocycles. The molecule has 25 heavy (non-hydrogen) atoms. The Balaban J connectivity index is 1.76. The molecule has 0 bridgehead atoms. The molecule has 1 N–H and O–H groups in total. The summed E-state index contributed by atoms with van der Waals surface area (Å²) in [6, 6.07) is 8.36. The summed E-state index contributed by atoms with van der Waals surface area (Å²) >= 11 is 0. The first-order chi connectivity index (χ1) is 12.0. The van der Waals surface area contributed by atoms with Crippen molar-refractivity contribution in [1.82, 2.24) is 10.2 Å². The third-order valence-electron chi connectivity index (χ3n) is 5.77. The molecule has 3 atom stereocenters. The first-order valence-electron chi connectivity index (χ1n) is 9.39. The van der Waals surface area contributed by atoms with E-state index in [1.807, 2.05) is 35.0 Å². The lowest BCUT2D eigenvalue weighted by atomic mass is 9.96. The Morgan fingerprint density at radius 3 is 2.84 bits per heavy atom. The van der Waals surface area contributed by atoms with Crippen LogP contribution in [0.25, 0.3) is 0 Å². The van der Waals surface area contributed by atoms with E-state index in [1.54, 1.807) is 0 Å². The molecule has 0 saturated carbocycles. The van der Waals surface area contributed by atoms with Crippen molar-refractivity contribution in [3.8, 4) is 0 Å². The smallest absolute Gasteiger partial charge is 0.228 e. The van der Waals surface area contributed by atoms with Crippen LogP contribution in [0.15, 0.2) is 24.3 Å². The van der Waals surface area contributed by atoms with E-state index in [2.05, 4.69) is 25.2 Å². The van der Waals surface area contributed by atoms with Gasteiger partial charge in [-0.15, -0.1) is 0 Å². The van der Waals surface area contributed by atoms with Crippen molar-refractivity contribution in [1.29, 1.82) is 0 Å². The van der Waals surface area contributed by atoms with Crippen LogP contribution >= 0.6 is 0 Å². The maximum absolute atomic E-state index is 12.8. The van der Waals surface area contributed by atoms with E-state index < -0.39 is 0 Å². The topological polar surface area (TPSA) is 52.7 Å². The molecule has 2 saturated heterocycles. The second-order valence-electron chi connectivity index (χ2n) is 7.37. The minimum absolute atomic E-state index is 0.0621. The Hall–Kier alpha value is -1.88. The molecule has 2 aliphatic rings. The first-order valence-corrected chi connectivity index (χ1v) is 9.39. The summed E-state index contributed by atoms with van der Waals surface area (Å²) in [6.45, 7) is 6.65. The van der Waals surface area contributed by atoms with Gasteiger partial charge < -0.3 is 15.1 Å². The maximum atomic E-state index is 12.8. The number of nitrogens with zero attached hydrogens (tertiary/aromatic N) is 2. The third kappa shape index (κ3) is 3.56. The summed E-state index contributed by atoms with van der Waals surface area (Å²) in [5.41, 5.74) is 2.17. The number of carbonyl (C=O) groups is 2. The van der Waals surface area contributed by atoms with Gasteiger partial charge in [0.25, 0.3) is 0 Å². The van der Waals surface area contributed by atoms with E-state index in [1.165, 1.54) is 5.56 Å². The number of hydrogen-bond donors (Lipinski definition) is 1. The van der Waals surface area contributed by atoms with Crippen LogP contribution in [-0.4, -0.2) is 49.4 Å². The van der Waals surface area contributed by atoms with E-state index in [-0.39, 0.29) is 23.8 Å². The monoisotopic (exact) mass is 343 g/mol. The minimum Gasteiger partial charge on any atom is -0.341 e. The van der Waals surface area contributed by atoms with Crippen LogP contribution < -0.4 is 10.2 Å². The van der Waals surface area contributed by atoms with Crippen LogP contribution in [0, 0.1) is 5.92 Å². The summed E-state index contributed by atoms with van der Waals surface area (Å²) in [5, 5.41) is 3.30. The Morgan fingerprint density at radius 1 is 1.40 bits per heavy atom.